The predicted octanol–water partition coefficient (Wildman–Crippen LogP) is 3.65. The lowest BCUT2D eigenvalue weighted by molar-refractivity contribution is 0.297. The van der Waals surface area contributed by atoms with Crippen LogP contribution in [0.1, 0.15) is 36.2 Å². The van der Waals surface area contributed by atoms with Gasteiger partial charge in [-0.1, -0.05) is 12.1 Å². The van der Waals surface area contributed by atoms with Gasteiger partial charge in [-0.05, 0) is 43.2 Å². The molecule has 1 atom stereocenters. The molecule has 3 heterocycles. The molecule has 1 N–H and O–H groups in total. The smallest absolute Gasteiger partial charge is 0.161 e. The second kappa shape index (κ2) is 6.76. The van der Waals surface area contributed by atoms with Crippen molar-refractivity contribution < 1.29 is 9.47 Å². The maximum atomic E-state index is 5.79. The lowest BCUT2D eigenvalue weighted by Gasteiger charge is -2.16. The van der Waals surface area contributed by atoms with Crippen molar-refractivity contribution in [2.75, 3.05) is 13.2 Å². The highest BCUT2D eigenvalue weighted by Crippen LogP contribution is 2.32. The van der Waals surface area contributed by atoms with Crippen LogP contribution < -0.4 is 14.8 Å². The van der Waals surface area contributed by atoms with Gasteiger partial charge in [-0.15, -0.1) is 0 Å². The lowest BCUT2D eigenvalue weighted by atomic mass is 10.1. The maximum Gasteiger partial charge on any atom is 0.161 e. The Morgan fingerprint density at radius 3 is 2.88 bits per heavy atom. The first-order valence-corrected chi connectivity index (χ1v) is 8.77. The zero-order valence-corrected chi connectivity index (χ0v) is 14.7. The lowest BCUT2D eigenvalue weighted by Crippen LogP contribution is -2.18. The van der Waals surface area contributed by atoms with Crippen molar-refractivity contribution in [2.45, 2.75) is 32.9 Å². The van der Waals surface area contributed by atoms with Crippen LogP contribution in [0.2, 0.25) is 0 Å². The summed E-state index contributed by atoms with van der Waals surface area (Å²) in [7, 11) is 0. The first-order chi connectivity index (χ1) is 12.2. The number of hydrogen-bond acceptors (Lipinski definition) is 4. The van der Waals surface area contributed by atoms with Gasteiger partial charge >= 0.3 is 0 Å². The summed E-state index contributed by atoms with van der Waals surface area (Å²) in [4.78, 5) is 4.72. The van der Waals surface area contributed by atoms with Crippen LogP contribution in [0.5, 0.6) is 11.5 Å². The Bertz CT molecular complexity index is 888. The van der Waals surface area contributed by atoms with E-state index in [0.29, 0.717) is 13.2 Å². The van der Waals surface area contributed by atoms with Gasteiger partial charge in [-0.25, -0.2) is 4.98 Å². The minimum absolute atomic E-state index is 0.197. The first kappa shape index (κ1) is 16.0. The number of aromatic nitrogens is 2. The van der Waals surface area contributed by atoms with E-state index in [1.165, 1.54) is 11.1 Å². The number of rotatable bonds is 4. The fourth-order valence-corrected chi connectivity index (χ4v) is 3.11. The molecule has 4 rings (SSSR count). The molecule has 0 saturated heterocycles. The van der Waals surface area contributed by atoms with Crippen LogP contribution in [-0.2, 0) is 6.54 Å². The number of ether oxygens (including phenoxy) is 2. The molecule has 0 amide bonds. The third-order valence-corrected chi connectivity index (χ3v) is 4.59. The van der Waals surface area contributed by atoms with Gasteiger partial charge in [0.15, 0.2) is 11.5 Å². The highest BCUT2D eigenvalue weighted by atomic mass is 16.5. The quantitative estimate of drug-likeness (QED) is 0.789. The summed E-state index contributed by atoms with van der Waals surface area (Å²) in [5.74, 6) is 1.68. The van der Waals surface area contributed by atoms with E-state index < -0.39 is 0 Å². The fraction of sp³-hybridized carbons (Fsp3) is 0.350. The Hall–Kier alpha value is -2.53. The van der Waals surface area contributed by atoms with Gasteiger partial charge in [0.05, 0.1) is 18.9 Å². The molecule has 1 aliphatic rings. The molecule has 0 bridgehead atoms. The van der Waals surface area contributed by atoms with Crippen molar-refractivity contribution in [2.24, 2.45) is 0 Å². The molecule has 1 aromatic carbocycles. The van der Waals surface area contributed by atoms with Crippen molar-refractivity contribution >= 4 is 5.65 Å². The van der Waals surface area contributed by atoms with Crippen LogP contribution in [0.15, 0.2) is 42.7 Å². The molecule has 0 radical (unpaired) electrons. The summed E-state index contributed by atoms with van der Waals surface area (Å²) >= 11 is 0. The number of imidazole rings is 1. The van der Waals surface area contributed by atoms with E-state index in [1.54, 1.807) is 0 Å². The van der Waals surface area contributed by atoms with Gasteiger partial charge in [0.2, 0.25) is 0 Å². The van der Waals surface area contributed by atoms with Crippen LogP contribution >= 0.6 is 0 Å². The molecule has 5 nitrogen and oxygen atoms in total. The summed E-state index contributed by atoms with van der Waals surface area (Å²) in [6.45, 7) is 6.38. The molecule has 3 aromatic rings. The van der Waals surface area contributed by atoms with E-state index >= 15 is 0 Å². The van der Waals surface area contributed by atoms with Gasteiger partial charge in [-0.2, -0.15) is 0 Å². The minimum Gasteiger partial charge on any atom is -0.490 e. The molecule has 5 heteroatoms. The topological polar surface area (TPSA) is 47.8 Å². The summed E-state index contributed by atoms with van der Waals surface area (Å²) in [6.07, 6.45) is 5.03. The number of benzene rings is 1. The van der Waals surface area contributed by atoms with Gasteiger partial charge in [0.1, 0.15) is 5.65 Å². The first-order valence-electron chi connectivity index (χ1n) is 8.77. The SMILES string of the molecule is Cc1cccn2cc(CNC(C)c3ccc4c(c3)OCCCO4)nc12. The summed E-state index contributed by atoms with van der Waals surface area (Å²) in [5, 5.41) is 3.55. The highest BCUT2D eigenvalue weighted by molar-refractivity contribution is 5.48. The molecule has 2 aromatic heterocycles. The monoisotopic (exact) mass is 337 g/mol. The third kappa shape index (κ3) is 3.33. The van der Waals surface area contributed by atoms with Gasteiger partial charge in [0.25, 0.3) is 0 Å². The van der Waals surface area contributed by atoms with Gasteiger partial charge < -0.3 is 19.2 Å². The largest absolute Gasteiger partial charge is 0.490 e. The summed E-state index contributed by atoms with van der Waals surface area (Å²) < 4.78 is 13.6. The fourth-order valence-electron chi connectivity index (χ4n) is 3.11. The number of nitrogens with one attached hydrogen (secondary N) is 1. The molecule has 1 aliphatic heterocycles. The number of pyridine rings is 1. The molecular formula is C20H23N3O2. The normalized spacial score (nSPS) is 15.1. The number of nitrogens with zero attached hydrogens (tertiary/aromatic N) is 2. The molecule has 25 heavy (non-hydrogen) atoms. The Morgan fingerprint density at radius 2 is 2.04 bits per heavy atom. The summed E-state index contributed by atoms with van der Waals surface area (Å²) in [5.41, 5.74) is 4.42. The van der Waals surface area contributed by atoms with Crippen LogP contribution in [0.25, 0.3) is 5.65 Å². The molecule has 0 aliphatic carbocycles. The minimum atomic E-state index is 0.197. The van der Waals surface area contributed by atoms with Crippen molar-refractivity contribution in [3.8, 4) is 11.5 Å². The number of fused-ring (bicyclic) bond motifs is 2. The van der Waals surface area contributed by atoms with Crippen molar-refractivity contribution in [3.05, 3.63) is 59.5 Å². The summed E-state index contributed by atoms with van der Waals surface area (Å²) in [6, 6.07) is 10.5. The van der Waals surface area contributed by atoms with Crippen LogP contribution in [0.4, 0.5) is 0 Å². The van der Waals surface area contributed by atoms with E-state index in [4.69, 9.17) is 14.5 Å². The average Bonchev–Trinajstić information content (AvgIpc) is 2.90. The Balaban J connectivity index is 1.47. The number of aryl methyl sites for hydroxylation is 1. The van der Waals surface area contributed by atoms with Crippen LogP contribution in [0.3, 0.4) is 0 Å². The molecule has 1 unspecified atom stereocenters. The standard InChI is InChI=1S/C20H23N3O2/c1-14-5-3-8-23-13-17(22-20(14)23)12-21-15(2)16-6-7-18-19(11-16)25-10-4-9-24-18/h3,5-8,11,13,15,21H,4,9-10,12H2,1-2H3. The van der Waals surface area contributed by atoms with Crippen LogP contribution in [-0.4, -0.2) is 22.6 Å². The molecular weight excluding hydrogens is 314 g/mol. The van der Waals surface area contributed by atoms with E-state index in [9.17, 15) is 0 Å². The van der Waals surface area contributed by atoms with Gasteiger partial charge in [0, 0.05) is 31.4 Å². The second-order valence-corrected chi connectivity index (χ2v) is 6.51. The highest BCUT2D eigenvalue weighted by Gasteiger charge is 2.14. The predicted molar refractivity (Wildman–Crippen MR) is 97.2 cm³/mol. The van der Waals surface area contributed by atoms with E-state index in [-0.39, 0.29) is 6.04 Å². The van der Waals surface area contributed by atoms with Gasteiger partial charge in [-0.3, -0.25) is 0 Å². The Labute approximate surface area is 147 Å². The average molecular weight is 337 g/mol. The molecule has 0 spiro atoms. The zero-order valence-electron chi connectivity index (χ0n) is 14.7. The van der Waals surface area contributed by atoms with Crippen molar-refractivity contribution in [3.63, 3.8) is 0 Å². The molecule has 0 fully saturated rings. The molecule has 130 valence electrons. The van der Waals surface area contributed by atoms with Crippen molar-refractivity contribution in [1.29, 1.82) is 0 Å². The Kier molecular flexibility index (Phi) is 4.32. The molecule has 0 saturated carbocycles. The van der Waals surface area contributed by atoms with Crippen molar-refractivity contribution in [1.82, 2.24) is 14.7 Å². The van der Waals surface area contributed by atoms with E-state index in [2.05, 4.69) is 48.0 Å². The third-order valence-electron chi connectivity index (χ3n) is 4.59. The number of hydrogen-bond donors (Lipinski definition) is 1. The zero-order chi connectivity index (χ0) is 17.2. The maximum absolute atomic E-state index is 5.79. The Morgan fingerprint density at radius 1 is 1.20 bits per heavy atom. The van der Waals surface area contributed by atoms with E-state index in [1.807, 2.05) is 18.3 Å². The van der Waals surface area contributed by atoms with Crippen LogP contribution in [0, 0.1) is 6.92 Å². The second-order valence-electron chi connectivity index (χ2n) is 6.51. The van der Waals surface area contributed by atoms with E-state index in [0.717, 1.165) is 35.8 Å².